The second-order valence-electron chi connectivity index (χ2n) is 5.13. The molecular weight excluding hydrogens is 372 g/mol. The maximum atomic E-state index is 4.60. The van der Waals surface area contributed by atoms with E-state index in [2.05, 4.69) is 15.3 Å². The van der Waals surface area contributed by atoms with Gasteiger partial charge in [-0.1, -0.05) is 47.2 Å². The molecule has 0 aliphatic heterocycles. The second kappa shape index (κ2) is 8.03. The van der Waals surface area contributed by atoms with Gasteiger partial charge in [0, 0.05) is 5.56 Å². The molecule has 0 atom stereocenters. The van der Waals surface area contributed by atoms with Gasteiger partial charge in [-0.25, -0.2) is 24.3 Å². The molecule has 124 valence electrons. The van der Waals surface area contributed by atoms with Crippen molar-refractivity contribution in [2.24, 2.45) is 0 Å². The van der Waals surface area contributed by atoms with Crippen molar-refractivity contribution >= 4 is 16.3 Å². The summed E-state index contributed by atoms with van der Waals surface area (Å²) in [4.78, 5) is 0.815. The normalized spacial score (nSPS) is 10.1. The van der Waals surface area contributed by atoms with Crippen LogP contribution < -0.4 is 0 Å². The first-order chi connectivity index (χ1) is 11.9. The van der Waals surface area contributed by atoms with Crippen LogP contribution in [0, 0.1) is 0 Å². The summed E-state index contributed by atoms with van der Waals surface area (Å²) in [6.07, 6.45) is 0. The largest absolute Gasteiger partial charge is 2.00 e. The van der Waals surface area contributed by atoms with Crippen molar-refractivity contribution in [1.29, 1.82) is 0 Å². The average Bonchev–Trinajstić information content (AvgIpc) is 3.41. The fourth-order valence-electron chi connectivity index (χ4n) is 2.34. The molecule has 0 bridgehead atoms. The Labute approximate surface area is 160 Å². The zero-order chi connectivity index (χ0) is 16.2. The van der Waals surface area contributed by atoms with E-state index in [9.17, 15) is 0 Å². The Morgan fingerprint density at radius 2 is 1.60 bits per heavy atom. The summed E-state index contributed by atoms with van der Waals surface area (Å²) >= 11 is 1.55. The van der Waals surface area contributed by atoms with E-state index >= 15 is 0 Å². The Morgan fingerprint density at radius 1 is 0.880 bits per heavy atom. The minimum Gasteiger partial charge on any atom is -0.214 e. The zero-order valence-corrected chi connectivity index (χ0v) is 15.1. The molecule has 2 aromatic heterocycles. The molecule has 5 aromatic rings. The van der Waals surface area contributed by atoms with Gasteiger partial charge < -0.3 is 0 Å². The molecule has 0 saturated heterocycles. The summed E-state index contributed by atoms with van der Waals surface area (Å²) in [5.74, 6) is 0.782. The number of benzene rings is 1. The molecule has 0 aliphatic carbocycles. The standard InChI is InChI=1S/C14H9N4S.C5H5.Fe/c1-2-6-10(7-3-1)12-15-16-14-18(12)17-13(19-14)11-8-4-5-9-11;1-2-4-5-3-1;/h1-9H;1-5H;/q2*-1;+2. The Bertz CT molecular complexity index is 981. The van der Waals surface area contributed by atoms with Crippen LogP contribution in [0.1, 0.15) is 0 Å². The van der Waals surface area contributed by atoms with Gasteiger partial charge in [0.25, 0.3) is 0 Å². The number of hydrogen-bond donors (Lipinski definition) is 0. The molecule has 0 aliphatic rings. The summed E-state index contributed by atoms with van der Waals surface area (Å²) in [5, 5.41) is 14.0. The van der Waals surface area contributed by atoms with E-state index in [1.54, 1.807) is 11.3 Å². The van der Waals surface area contributed by atoms with Crippen LogP contribution in [-0.4, -0.2) is 19.8 Å². The number of hydrogen-bond acceptors (Lipinski definition) is 4. The molecule has 3 aromatic carbocycles. The topological polar surface area (TPSA) is 43.1 Å². The summed E-state index contributed by atoms with van der Waals surface area (Å²) in [5.41, 5.74) is 2.14. The van der Waals surface area contributed by atoms with Gasteiger partial charge in [-0.3, -0.25) is 0 Å². The summed E-state index contributed by atoms with van der Waals surface area (Å²) < 4.78 is 1.81. The fraction of sp³-hybridized carbons (Fsp3) is 0. The Balaban J connectivity index is 0.000000264. The molecular formula is C19H14FeN4S. The molecule has 0 radical (unpaired) electrons. The average molecular weight is 386 g/mol. The van der Waals surface area contributed by atoms with E-state index in [0.29, 0.717) is 0 Å². The summed E-state index contributed by atoms with van der Waals surface area (Å²) in [6.45, 7) is 0. The molecule has 5 rings (SSSR count). The second-order valence-corrected chi connectivity index (χ2v) is 6.08. The van der Waals surface area contributed by atoms with Crippen LogP contribution in [0.3, 0.4) is 0 Å². The quantitative estimate of drug-likeness (QED) is 0.328. The van der Waals surface area contributed by atoms with Gasteiger partial charge >= 0.3 is 17.1 Å². The number of fused-ring (bicyclic) bond motifs is 1. The monoisotopic (exact) mass is 386 g/mol. The van der Waals surface area contributed by atoms with E-state index in [1.807, 2.05) is 89.4 Å². The third-order valence-corrected chi connectivity index (χ3v) is 4.44. The third-order valence-electron chi connectivity index (χ3n) is 3.49. The minimum absolute atomic E-state index is 0. The predicted molar refractivity (Wildman–Crippen MR) is 97.2 cm³/mol. The van der Waals surface area contributed by atoms with Gasteiger partial charge in [-0.15, -0.1) is 10.2 Å². The molecule has 0 fully saturated rings. The van der Waals surface area contributed by atoms with Gasteiger partial charge in [-0.05, 0) is 0 Å². The fourth-order valence-corrected chi connectivity index (χ4v) is 3.18. The molecule has 4 nitrogen and oxygen atoms in total. The number of aromatic nitrogens is 4. The van der Waals surface area contributed by atoms with Crippen LogP contribution in [-0.2, 0) is 17.1 Å². The van der Waals surface area contributed by atoms with Crippen molar-refractivity contribution in [3.05, 3.63) is 84.9 Å². The van der Waals surface area contributed by atoms with E-state index in [4.69, 9.17) is 0 Å². The van der Waals surface area contributed by atoms with Crippen molar-refractivity contribution in [2.75, 3.05) is 0 Å². The van der Waals surface area contributed by atoms with E-state index in [1.165, 1.54) is 0 Å². The van der Waals surface area contributed by atoms with Gasteiger partial charge in [0.15, 0.2) is 5.82 Å². The molecule has 25 heavy (non-hydrogen) atoms. The van der Waals surface area contributed by atoms with Crippen LogP contribution in [0.15, 0.2) is 84.9 Å². The molecule has 0 amide bonds. The van der Waals surface area contributed by atoms with Gasteiger partial charge in [-0.2, -0.15) is 39.9 Å². The number of nitrogens with zero attached hydrogens (tertiary/aromatic N) is 4. The SMILES string of the molecule is [Fe+2].c1cc[cH-]c1.c1ccc(-c2nnc3sc(-[c-]4cccc4)nn23)cc1. The predicted octanol–water partition coefficient (Wildman–Crippen LogP) is 4.64. The first kappa shape index (κ1) is 17.3. The Kier molecular flexibility index (Phi) is 5.56. The van der Waals surface area contributed by atoms with E-state index in [0.717, 1.165) is 26.9 Å². The molecule has 2 heterocycles. The Hall–Kier alpha value is -2.53. The zero-order valence-electron chi connectivity index (χ0n) is 13.1. The van der Waals surface area contributed by atoms with Crippen LogP contribution >= 0.6 is 11.3 Å². The number of rotatable bonds is 2. The maximum Gasteiger partial charge on any atom is 2.00 e. The van der Waals surface area contributed by atoms with Crippen LogP contribution in [0.5, 0.6) is 0 Å². The van der Waals surface area contributed by atoms with Crippen molar-refractivity contribution in [3.63, 3.8) is 0 Å². The van der Waals surface area contributed by atoms with E-state index in [-0.39, 0.29) is 17.1 Å². The van der Waals surface area contributed by atoms with Crippen molar-refractivity contribution < 1.29 is 17.1 Å². The van der Waals surface area contributed by atoms with Crippen LogP contribution in [0.4, 0.5) is 0 Å². The molecule has 0 N–H and O–H groups in total. The van der Waals surface area contributed by atoms with Gasteiger partial charge in [0.05, 0.1) is 5.01 Å². The molecule has 0 unspecified atom stereocenters. The molecule has 0 saturated carbocycles. The third kappa shape index (κ3) is 3.77. The molecule has 6 heteroatoms. The van der Waals surface area contributed by atoms with Crippen LogP contribution in [0.25, 0.3) is 26.9 Å². The van der Waals surface area contributed by atoms with Crippen molar-refractivity contribution in [1.82, 2.24) is 19.8 Å². The Morgan fingerprint density at radius 3 is 2.24 bits per heavy atom. The smallest absolute Gasteiger partial charge is 0.214 e. The van der Waals surface area contributed by atoms with Crippen LogP contribution in [0.2, 0.25) is 0 Å². The van der Waals surface area contributed by atoms with Crippen molar-refractivity contribution in [2.45, 2.75) is 0 Å². The summed E-state index contributed by atoms with van der Waals surface area (Å²) in [6, 6.07) is 28.1. The summed E-state index contributed by atoms with van der Waals surface area (Å²) in [7, 11) is 0. The molecule has 0 spiro atoms. The van der Waals surface area contributed by atoms with Gasteiger partial charge in [0.2, 0.25) is 4.96 Å². The van der Waals surface area contributed by atoms with Gasteiger partial charge in [0.1, 0.15) is 0 Å². The van der Waals surface area contributed by atoms with Crippen molar-refractivity contribution in [3.8, 4) is 22.0 Å². The van der Waals surface area contributed by atoms with E-state index < -0.39 is 0 Å². The first-order valence-electron chi connectivity index (χ1n) is 7.58. The first-order valence-corrected chi connectivity index (χ1v) is 8.40. The minimum atomic E-state index is 0. The maximum absolute atomic E-state index is 4.60.